The van der Waals surface area contributed by atoms with Crippen molar-refractivity contribution in [2.24, 2.45) is 0 Å². The summed E-state index contributed by atoms with van der Waals surface area (Å²) in [5.41, 5.74) is 3.08. The third kappa shape index (κ3) is 3.06. The van der Waals surface area contributed by atoms with Gasteiger partial charge in [-0.05, 0) is 41.0 Å². The molecule has 0 radical (unpaired) electrons. The van der Waals surface area contributed by atoms with Crippen LogP contribution in [0.4, 0.5) is 0 Å². The molecule has 0 unspecified atom stereocenters. The molecule has 0 heterocycles. The van der Waals surface area contributed by atoms with E-state index in [1.54, 1.807) is 13.4 Å². The second-order valence-corrected chi connectivity index (χ2v) is 4.63. The summed E-state index contributed by atoms with van der Waals surface area (Å²) in [7, 11) is 1.60. The summed E-state index contributed by atoms with van der Waals surface area (Å²) >= 11 is 12.1. The van der Waals surface area contributed by atoms with Gasteiger partial charge in [0, 0.05) is 10.0 Å². The highest BCUT2D eigenvalue weighted by atomic mass is 35.5. The van der Waals surface area contributed by atoms with Crippen LogP contribution in [-0.4, -0.2) is 7.11 Å². The fraction of sp³-hybridized carbons (Fsp3) is 0.0667. The molecule has 0 bridgehead atoms. The van der Waals surface area contributed by atoms with Crippen molar-refractivity contribution in [2.45, 2.75) is 0 Å². The molecular formula is C15H12Cl2O. The SMILES string of the molecule is COC=Cc1ccc(-c2ccc(Cl)cc2)cc1Cl. The Morgan fingerprint density at radius 1 is 0.944 bits per heavy atom. The van der Waals surface area contributed by atoms with Crippen LogP contribution in [0.2, 0.25) is 10.0 Å². The molecule has 0 amide bonds. The fourth-order valence-corrected chi connectivity index (χ4v) is 2.00. The summed E-state index contributed by atoms with van der Waals surface area (Å²) < 4.78 is 4.87. The van der Waals surface area contributed by atoms with Gasteiger partial charge in [-0.15, -0.1) is 0 Å². The minimum atomic E-state index is 0.691. The first-order chi connectivity index (χ1) is 8.70. The van der Waals surface area contributed by atoms with Gasteiger partial charge in [-0.25, -0.2) is 0 Å². The van der Waals surface area contributed by atoms with Gasteiger partial charge in [0.1, 0.15) is 0 Å². The zero-order chi connectivity index (χ0) is 13.0. The summed E-state index contributed by atoms with van der Waals surface area (Å²) in [5.74, 6) is 0. The first-order valence-electron chi connectivity index (χ1n) is 5.45. The zero-order valence-corrected chi connectivity index (χ0v) is 11.4. The molecule has 0 spiro atoms. The van der Waals surface area contributed by atoms with Gasteiger partial charge in [0.25, 0.3) is 0 Å². The van der Waals surface area contributed by atoms with E-state index in [1.807, 2.05) is 48.5 Å². The van der Waals surface area contributed by atoms with Crippen LogP contribution >= 0.6 is 23.2 Å². The lowest BCUT2D eigenvalue weighted by Crippen LogP contribution is -1.81. The summed E-state index contributed by atoms with van der Waals surface area (Å²) in [6.07, 6.45) is 3.43. The maximum Gasteiger partial charge on any atom is 0.0831 e. The number of rotatable bonds is 3. The van der Waals surface area contributed by atoms with Crippen molar-refractivity contribution in [2.75, 3.05) is 7.11 Å². The molecule has 0 aliphatic rings. The van der Waals surface area contributed by atoms with Crippen LogP contribution in [0.3, 0.4) is 0 Å². The topological polar surface area (TPSA) is 9.23 Å². The third-order valence-corrected chi connectivity index (χ3v) is 3.14. The quantitative estimate of drug-likeness (QED) is 0.695. The lowest BCUT2D eigenvalue weighted by molar-refractivity contribution is 0.341. The van der Waals surface area contributed by atoms with Crippen LogP contribution in [0.15, 0.2) is 48.7 Å². The number of benzene rings is 2. The van der Waals surface area contributed by atoms with Gasteiger partial charge in [0.05, 0.1) is 13.4 Å². The minimum Gasteiger partial charge on any atom is -0.504 e. The number of halogens is 2. The van der Waals surface area contributed by atoms with Crippen molar-refractivity contribution in [3.8, 4) is 11.1 Å². The summed E-state index contributed by atoms with van der Waals surface area (Å²) in [4.78, 5) is 0. The van der Waals surface area contributed by atoms with Crippen molar-refractivity contribution in [1.29, 1.82) is 0 Å². The summed E-state index contributed by atoms with van der Waals surface area (Å²) in [6.45, 7) is 0. The molecule has 1 nitrogen and oxygen atoms in total. The monoisotopic (exact) mass is 278 g/mol. The molecular weight excluding hydrogens is 267 g/mol. The van der Waals surface area contributed by atoms with Crippen molar-refractivity contribution >= 4 is 29.3 Å². The Labute approximate surface area is 117 Å². The number of hydrogen-bond acceptors (Lipinski definition) is 1. The van der Waals surface area contributed by atoms with Crippen molar-refractivity contribution in [1.82, 2.24) is 0 Å². The van der Waals surface area contributed by atoms with Crippen LogP contribution in [0.5, 0.6) is 0 Å². The van der Waals surface area contributed by atoms with Crippen molar-refractivity contribution in [3.05, 3.63) is 64.3 Å². The van der Waals surface area contributed by atoms with Gasteiger partial charge in [0.15, 0.2) is 0 Å². The van der Waals surface area contributed by atoms with Crippen LogP contribution in [0.25, 0.3) is 17.2 Å². The van der Waals surface area contributed by atoms with Crippen LogP contribution in [0.1, 0.15) is 5.56 Å². The lowest BCUT2D eigenvalue weighted by Gasteiger charge is -2.05. The maximum absolute atomic E-state index is 6.21. The van der Waals surface area contributed by atoms with E-state index in [0.717, 1.165) is 21.7 Å². The number of methoxy groups -OCH3 is 1. The fourth-order valence-electron chi connectivity index (χ4n) is 1.63. The molecule has 0 aliphatic carbocycles. The molecule has 0 aliphatic heterocycles. The smallest absolute Gasteiger partial charge is 0.0831 e. The molecule has 2 rings (SSSR count). The largest absolute Gasteiger partial charge is 0.504 e. The molecule has 0 saturated heterocycles. The molecule has 0 atom stereocenters. The van der Waals surface area contributed by atoms with Crippen molar-refractivity contribution < 1.29 is 4.74 Å². The molecule has 92 valence electrons. The van der Waals surface area contributed by atoms with Gasteiger partial charge < -0.3 is 4.74 Å². The molecule has 0 N–H and O–H groups in total. The first-order valence-corrected chi connectivity index (χ1v) is 6.21. The molecule has 0 saturated carbocycles. The van der Waals surface area contributed by atoms with E-state index in [4.69, 9.17) is 27.9 Å². The van der Waals surface area contributed by atoms with E-state index in [1.165, 1.54) is 0 Å². The maximum atomic E-state index is 6.21. The summed E-state index contributed by atoms with van der Waals surface area (Å²) in [5, 5.41) is 1.42. The van der Waals surface area contributed by atoms with Crippen LogP contribution in [0, 0.1) is 0 Å². The average molecular weight is 279 g/mol. The Morgan fingerprint density at radius 3 is 2.22 bits per heavy atom. The number of hydrogen-bond donors (Lipinski definition) is 0. The molecule has 3 heteroatoms. The van der Waals surface area contributed by atoms with E-state index in [9.17, 15) is 0 Å². The second-order valence-electron chi connectivity index (χ2n) is 3.78. The Morgan fingerprint density at radius 2 is 1.61 bits per heavy atom. The molecule has 0 fully saturated rings. The van der Waals surface area contributed by atoms with Gasteiger partial charge in [-0.1, -0.05) is 47.5 Å². The summed E-state index contributed by atoms with van der Waals surface area (Å²) in [6, 6.07) is 13.6. The molecule has 18 heavy (non-hydrogen) atoms. The highest BCUT2D eigenvalue weighted by Crippen LogP contribution is 2.27. The van der Waals surface area contributed by atoms with Gasteiger partial charge in [-0.3, -0.25) is 0 Å². The van der Waals surface area contributed by atoms with Gasteiger partial charge in [0.2, 0.25) is 0 Å². The predicted molar refractivity (Wildman–Crippen MR) is 77.9 cm³/mol. The van der Waals surface area contributed by atoms with E-state index in [0.29, 0.717) is 5.02 Å². The highest BCUT2D eigenvalue weighted by molar-refractivity contribution is 6.32. The average Bonchev–Trinajstić information content (AvgIpc) is 2.38. The molecule has 0 aromatic heterocycles. The van der Waals surface area contributed by atoms with E-state index in [-0.39, 0.29) is 0 Å². The minimum absolute atomic E-state index is 0.691. The predicted octanol–water partition coefficient (Wildman–Crippen LogP) is 5.28. The Kier molecular flexibility index (Phi) is 4.29. The third-order valence-electron chi connectivity index (χ3n) is 2.56. The Bertz CT molecular complexity index is 559. The Hall–Kier alpha value is -1.44. The van der Waals surface area contributed by atoms with Gasteiger partial charge >= 0.3 is 0 Å². The standard InChI is InChI=1S/C15H12Cl2O/c1-18-9-8-12-2-3-13(10-15(12)17)11-4-6-14(16)7-5-11/h2-10H,1H3. The lowest BCUT2D eigenvalue weighted by atomic mass is 10.0. The number of ether oxygens (including phenoxy) is 1. The molecule has 2 aromatic carbocycles. The van der Waals surface area contributed by atoms with E-state index >= 15 is 0 Å². The van der Waals surface area contributed by atoms with Gasteiger partial charge in [-0.2, -0.15) is 0 Å². The zero-order valence-electron chi connectivity index (χ0n) is 9.86. The van der Waals surface area contributed by atoms with Crippen LogP contribution < -0.4 is 0 Å². The molecule has 2 aromatic rings. The second kappa shape index (κ2) is 5.94. The normalized spacial score (nSPS) is 10.8. The van der Waals surface area contributed by atoms with E-state index in [2.05, 4.69) is 0 Å². The Balaban J connectivity index is 2.34. The first kappa shape index (κ1) is 13.0. The van der Waals surface area contributed by atoms with Crippen LogP contribution in [-0.2, 0) is 4.74 Å². The van der Waals surface area contributed by atoms with Crippen molar-refractivity contribution in [3.63, 3.8) is 0 Å². The highest BCUT2D eigenvalue weighted by Gasteiger charge is 2.02. The van der Waals surface area contributed by atoms with E-state index < -0.39 is 0 Å².